The van der Waals surface area contributed by atoms with Crippen LogP contribution in [0.3, 0.4) is 0 Å². The van der Waals surface area contributed by atoms with Gasteiger partial charge in [-0.1, -0.05) is 13.0 Å². The van der Waals surface area contributed by atoms with E-state index in [4.69, 9.17) is 15.2 Å². The summed E-state index contributed by atoms with van der Waals surface area (Å²) in [4.78, 5) is 0. The van der Waals surface area contributed by atoms with Gasteiger partial charge in [0.15, 0.2) is 11.5 Å². The fraction of sp³-hybridized carbons (Fsp3) is 0.538. The monoisotopic (exact) mass is 221 g/mol. The number of hydrogen-bond donors (Lipinski definition) is 1. The molecule has 0 fully saturated rings. The minimum absolute atomic E-state index is 0.504. The summed E-state index contributed by atoms with van der Waals surface area (Å²) >= 11 is 0. The Hall–Kier alpha value is -1.22. The van der Waals surface area contributed by atoms with E-state index in [1.54, 1.807) is 0 Å². The van der Waals surface area contributed by atoms with Crippen molar-refractivity contribution in [3.63, 3.8) is 0 Å². The molecular weight excluding hydrogens is 202 g/mol. The van der Waals surface area contributed by atoms with Crippen LogP contribution in [-0.2, 0) is 6.42 Å². The lowest BCUT2D eigenvalue weighted by molar-refractivity contribution is 0.297. The van der Waals surface area contributed by atoms with Crippen LogP contribution in [0.4, 0.5) is 0 Å². The molecular formula is C13H19NO2. The lowest BCUT2D eigenvalue weighted by Crippen LogP contribution is -2.13. The van der Waals surface area contributed by atoms with Crippen molar-refractivity contribution in [2.75, 3.05) is 19.8 Å². The van der Waals surface area contributed by atoms with Crippen molar-refractivity contribution in [2.24, 2.45) is 11.7 Å². The van der Waals surface area contributed by atoms with Gasteiger partial charge in [0.25, 0.3) is 0 Å². The summed E-state index contributed by atoms with van der Waals surface area (Å²) in [5, 5.41) is 0. The van der Waals surface area contributed by atoms with Crippen molar-refractivity contribution < 1.29 is 9.47 Å². The fourth-order valence-corrected chi connectivity index (χ4v) is 1.82. The van der Waals surface area contributed by atoms with Gasteiger partial charge in [0.2, 0.25) is 0 Å². The Bertz CT molecular complexity index is 352. The highest BCUT2D eigenvalue weighted by Gasteiger charge is 2.11. The second-order valence-electron chi connectivity index (χ2n) is 4.38. The van der Waals surface area contributed by atoms with Gasteiger partial charge in [-0.3, -0.25) is 0 Å². The molecule has 0 saturated carbocycles. The van der Waals surface area contributed by atoms with Crippen molar-refractivity contribution in [3.8, 4) is 11.5 Å². The molecule has 3 nitrogen and oxygen atoms in total. The Morgan fingerprint density at radius 1 is 1.25 bits per heavy atom. The number of rotatable bonds is 3. The van der Waals surface area contributed by atoms with Crippen molar-refractivity contribution in [2.45, 2.75) is 19.8 Å². The van der Waals surface area contributed by atoms with Crippen LogP contribution < -0.4 is 15.2 Å². The second kappa shape index (κ2) is 5.21. The van der Waals surface area contributed by atoms with E-state index < -0.39 is 0 Å². The van der Waals surface area contributed by atoms with Crippen LogP contribution in [0.15, 0.2) is 18.2 Å². The third kappa shape index (κ3) is 2.67. The van der Waals surface area contributed by atoms with Gasteiger partial charge in [0, 0.05) is 6.42 Å². The average molecular weight is 221 g/mol. The number of benzene rings is 1. The Balaban J connectivity index is 2.14. The SMILES string of the molecule is CC(CN)Cc1ccc2c(c1)OCCCO2. The van der Waals surface area contributed by atoms with E-state index in [9.17, 15) is 0 Å². The highest BCUT2D eigenvalue weighted by atomic mass is 16.5. The van der Waals surface area contributed by atoms with E-state index in [1.165, 1.54) is 5.56 Å². The van der Waals surface area contributed by atoms with Crippen LogP contribution in [-0.4, -0.2) is 19.8 Å². The molecule has 1 aromatic rings. The molecule has 1 unspecified atom stereocenters. The standard InChI is InChI=1S/C13H19NO2/c1-10(9-14)7-11-3-4-12-13(8-11)16-6-2-5-15-12/h3-4,8,10H,2,5-7,9,14H2,1H3. The summed E-state index contributed by atoms with van der Waals surface area (Å²) < 4.78 is 11.2. The topological polar surface area (TPSA) is 44.5 Å². The van der Waals surface area contributed by atoms with Crippen LogP contribution in [0, 0.1) is 5.92 Å². The van der Waals surface area contributed by atoms with Crippen molar-refractivity contribution in [1.29, 1.82) is 0 Å². The predicted molar refractivity (Wildman–Crippen MR) is 64.0 cm³/mol. The molecule has 0 aromatic heterocycles. The Kier molecular flexibility index (Phi) is 3.67. The lowest BCUT2D eigenvalue weighted by Gasteiger charge is -2.11. The highest BCUT2D eigenvalue weighted by molar-refractivity contribution is 5.43. The smallest absolute Gasteiger partial charge is 0.161 e. The minimum Gasteiger partial charge on any atom is -0.490 e. The zero-order valence-corrected chi connectivity index (χ0v) is 9.74. The maximum Gasteiger partial charge on any atom is 0.161 e. The molecule has 0 bridgehead atoms. The average Bonchev–Trinajstić information content (AvgIpc) is 2.53. The first-order valence-corrected chi connectivity index (χ1v) is 5.88. The van der Waals surface area contributed by atoms with Gasteiger partial charge in [0.1, 0.15) is 0 Å². The molecule has 88 valence electrons. The normalized spacial score (nSPS) is 16.6. The molecule has 0 aliphatic carbocycles. The van der Waals surface area contributed by atoms with Crippen LogP contribution in [0.2, 0.25) is 0 Å². The number of ether oxygens (including phenoxy) is 2. The fourth-order valence-electron chi connectivity index (χ4n) is 1.82. The van der Waals surface area contributed by atoms with Crippen LogP contribution in [0.25, 0.3) is 0 Å². The van der Waals surface area contributed by atoms with E-state index in [2.05, 4.69) is 19.1 Å². The molecule has 1 aliphatic rings. The summed E-state index contributed by atoms with van der Waals surface area (Å²) in [5.41, 5.74) is 6.89. The van der Waals surface area contributed by atoms with Crippen LogP contribution in [0.1, 0.15) is 18.9 Å². The Morgan fingerprint density at radius 3 is 2.75 bits per heavy atom. The number of nitrogens with two attached hydrogens (primary N) is 1. The summed E-state index contributed by atoms with van der Waals surface area (Å²) in [6.45, 7) is 4.35. The molecule has 1 aromatic carbocycles. The molecule has 1 aliphatic heterocycles. The first-order valence-electron chi connectivity index (χ1n) is 5.88. The minimum atomic E-state index is 0.504. The molecule has 0 spiro atoms. The van der Waals surface area contributed by atoms with Crippen molar-refractivity contribution in [1.82, 2.24) is 0 Å². The molecule has 16 heavy (non-hydrogen) atoms. The summed E-state index contributed by atoms with van der Waals surface area (Å²) in [7, 11) is 0. The molecule has 2 N–H and O–H groups in total. The van der Waals surface area contributed by atoms with Crippen molar-refractivity contribution >= 4 is 0 Å². The van der Waals surface area contributed by atoms with Gasteiger partial charge < -0.3 is 15.2 Å². The van der Waals surface area contributed by atoms with Gasteiger partial charge in [0.05, 0.1) is 13.2 Å². The van der Waals surface area contributed by atoms with E-state index in [-0.39, 0.29) is 0 Å². The predicted octanol–water partition coefficient (Wildman–Crippen LogP) is 1.99. The van der Waals surface area contributed by atoms with E-state index in [0.717, 1.165) is 37.6 Å². The van der Waals surface area contributed by atoms with Gasteiger partial charge in [-0.25, -0.2) is 0 Å². The molecule has 0 saturated heterocycles. The molecule has 1 atom stereocenters. The maximum atomic E-state index is 5.65. The first-order chi connectivity index (χ1) is 7.79. The summed E-state index contributed by atoms with van der Waals surface area (Å²) in [6.07, 6.45) is 1.94. The first kappa shape index (κ1) is 11.3. The highest BCUT2D eigenvalue weighted by Crippen LogP contribution is 2.30. The second-order valence-corrected chi connectivity index (χ2v) is 4.38. The summed E-state index contributed by atoms with van der Waals surface area (Å²) in [6, 6.07) is 6.17. The largest absolute Gasteiger partial charge is 0.490 e. The van der Waals surface area contributed by atoms with Crippen LogP contribution in [0.5, 0.6) is 11.5 Å². The van der Waals surface area contributed by atoms with E-state index >= 15 is 0 Å². The summed E-state index contributed by atoms with van der Waals surface area (Å²) in [5.74, 6) is 2.24. The molecule has 1 heterocycles. The van der Waals surface area contributed by atoms with E-state index in [0.29, 0.717) is 12.5 Å². The number of hydrogen-bond acceptors (Lipinski definition) is 3. The van der Waals surface area contributed by atoms with Gasteiger partial charge in [-0.2, -0.15) is 0 Å². The third-order valence-corrected chi connectivity index (χ3v) is 2.80. The van der Waals surface area contributed by atoms with Gasteiger partial charge in [-0.15, -0.1) is 0 Å². The van der Waals surface area contributed by atoms with Crippen molar-refractivity contribution in [3.05, 3.63) is 23.8 Å². The van der Waals surface area contributed by atoms with Gasteiger partial charge in [-0.05, 0) is 36.6 Å². The zero-order chi connectivity index (χ0) is 11.4. The third-order valence-electron chi connectivity index (χ3n) is 2.80. The molecule has 2 rings (SSSR count). The molecule has 0 amide bonds. The van der Waals surface area contributed by atoms with Crippen LogP contribution >= 0.6 is 0 Å². The lowest BCUT2D eigenvalue weighted by atomic mass is 10.0. The molecule has 3 heteroatoms. The zero-order valence-electron chi connectivity index (χ0n) is 9.74. The quantitative estimate of drug-likeness (QED) is 0.849. The Morgan fingerprint density at radius 2 is 2.00 bits per heavy atom. The Labute approximate surface area is 96.5 Å². The van der Waals surface area contributed by atoms with Gasteiger partial charge >= 0.3 is 0 Å². The van der Waals surface area contributed by atoms with E-state index in [1.807, 2.05) is 6.07 Å². The number of fused-ring (bicyclic) bond motifs is 1. The maximum absolute atomic E-state index is 5.65. The molecule has 0 radical (unpaired) electrons.